The van der Waals surface area contributed by atoms with Crippen molar-refractivity contribution in [2.45, 2.75) is 0 Å². The first-order valence-corrected chi connectivity index (χ1v) is 3.74. The summed E-state index contributed by atoms with van der Waals surface area (Å²) in [6.45, 7) is 0. The van der Waals surface area contributed by atoms with Crippen LogP contribution in [-0.4, -0.2) is 14.9 Å². The van der Waals surface area contributed by atoms with E-state index < -0.39 is 17.1 Å². The minimum Gasteiger partial charge on any atom is -0.421 e. The summed E-state index contributed by atoms with van der Waals surface area (Å²) in [6, 6.07) is 3.80. The van der Waals surface area contributed by atoms with Crippen molar-refractivity contribution in [1.82, 2.24) is 9.71 Å². The number of hydrogen-bond acceptors (Lipinski definition) is 3. The summed E-state index contributed by atoms with van der Waals surface area (Å²) >= 11 is 0. The van der Waals surface area contributed by atoms with Crippen LogP contribution in [-0.2, 0) is 0 Å². The highest BCUT2D eigenvalue weighted by Gasteiger charge is 2.09. The molecule has 0 bridgehead atoms. The number of hydrogen-bond donors (Lipinski definition) is 2. The van der Waals surface area contributed by atoms with Gasteiger partial charge in [0.15, 0.2) is 0 Å². The Morgan fingerprint density at radius 3 is 2.79 bits per heavy atom. The van der Waals surface area contributed by atoms with E-state index in [1.54, 1.807) is 0 Å². The van der Waals surface area contributed by atoms with E-state index in [2.05, 4.69) is 4.98 Å². The standard InChI is InChI=1S/C8H5FN2O3/c9-4-2-1-3-5-6(4)7(12)11(14)8(13)10-5/h1-3,14H,(H,10,13). The molecule has 0 spiro atoms. The molecule has 2 aromatic rings. The van der Waals surface area contributed by atoms with Gasteiger partial charge in [-0.05, 0) is 12.1 Å². The highest BCUT2D eigenvalue weighted by atomic mass is 19.1. The summed E-state index contributed by atoms with van der Waals surface area (Å²) in [7, 11) is 0. The molecule has 6 heteroatoms. The van der Waals surface area contributed by atoms with E-state index in [1.807, 2.05) is 0 Å². The predicted octanol–water partition coefficient (Wildman–Crippen LogP) is 0.0662. The van der Waals surface area contributed by atoms with Gasteiger partial charge < -0.3 is 10.2 Å². The number of nitrogens with zero attached hydrogens (tertiary/aromatic N) is 1. The van der Waals surface area contributed by atoms with Crippen LogP contribution in [0.5, 0.6) is 0 Å². The van der Waals surface area contributed by atoms with Gasteiger partial charge in [-0.1, -0.05) is 10.8 Å². The zero-order chi connectivity index (χ0) is 10.3. The van der Waals surface area contributed by atoms with Crippen molar-refractivity contribution < 1.29 is 9.60 Å². The minimum atomic E-state index is -1.07. The maximum atomic E-state index is 13.1. The SMILES string of the molecule is O=c1[nH]c2cccc(F)c2c(=O)n1O. The quantitative estimate of drug-likeness (QED) is 0.585. The lowest BCUT2D eigenvalue weighted by Gasteiger charge is -1.99. The van der Waals surface area contributed by atoms with Crippen LogP contribution in [0, 0.1) is 5.82 Å². The molecule has 14 heavy (non-hydrogen) atoms. The minimum absolute atomic E-state index is 0.0605. The molecule has 0 fully saturated rings. The Morgan fingerprint density at radius 1 is 1.36 bits per heavy atom. The largest absolute Gasteiger partial charge is 0.421 e. The summed E-state index contributed by atoms with van der Waals surface area (Å²) in [4.78, 5) is 24.3. The van der Waals surface area contributed by atoms with E-state index in [4.69, 9.17) is 5.21 Å². The van der Waals surface area contributed by atoms with Crippen molar-refractivity contribution >= 4 is 10.9 Å². The molecule has 2 rings (SSSR count). The third kappa shape index (κ3) is 1.00. The molecule has 0 aliphatic carbocycles. The molecular formula is C8H5FN2O3. The summed E-state index contributed by atoms with van der Waals surface area (Å²) in [5.74, 6) is -0.786. The van der Waals surface area contributed by atoms with E-state index in [1.165, 1.54) is 12.1 Å². The van der Waals surface area contributed by atoms with Crippen LogP contribution in [0.4, 0.5) is 4.39 Å². The third-order valence-corrected chi connectivity index (χ3v) is 1.85. The second kappa shape index (κ2) is 2.69. The number of benzene rings is 1. The van der Waals surface area contributed by atoms with Gasteiger partial charge in [0.2, 0.25) is 0 Å². The van der Waals surface area contributed by atoms with E-state index in [-0.39, 0.29) is 15.6 Å². The zero-order valence-corrected chi connectivity index (χ0v) is 6.82. The molecule has 5 nitrogen and oxygen atoms in total. The van der Waals surface area contributed by atoms with Crippen molar-refractivity contribution in [2.75, 3.05) is 0 Å². The molecule has 0 saturated carbocycles. The lowest BCUT2D eigenvalue weighted by molar-refractivity contribution is 0.162. The molecular weight excluding hydrogens is 191 g/mol. The molecule has 1 aromatic heterocycles. The van der Waals surface area contributed by atoms with Crippen molar-refractivity contribution in [1.29, 1.82) is 0 Å². The molecule has 1 heterocycles. The molecule has 0 saturated heterocycles. The fourth-order valence-electron chi connectivity index (χ4n) is 1.21. The van der Waals surface area contributed by atoms with Crippen LogP contribution in [0.25, 0.3) is 10.9 Å². The fourth-order valence-corrected chi connectivity index (χ4v) is 1.21. The second-order valence-corrected chi connectivity index (χ2v) is 2.71. The zero-order valence-electron chi connectivity index (χ0n) is 6.82. The van der Waals surface area contributed by atoms with Gasteiger partial charge in [-0.2, -0.15) is 0 Å². The van der Waals surface area contributed by atoms with Crippen LogP contribution in [0.2, 0.25) is 0 Å². The number of aromatic nitrogens is 2. The Kier molecular flexibility index (Phi) is 1.63. The van der Waals surface area contributed by atoms with Gasteiger partial charge in [0, 0.05) is 0 Å². The van der Waals surface area contributed by atoms with Crippen LogP contribution >= 0.6 is 0 Å². The maximum absolute atomic E-state index is 13.1. The molecule has 2 N–H and O–H groups in total. The van der Waals surface area contributed by atoms with Gasteiger partial charge in [0.25, 0.3) is 5.56 Å². The number of H-pyrrole nitrogens is 1. The van der Waals surface area contributed by atoms with Crippen molar-refractivity contribution in [3.8, 4) is 0 Å². The molecule has 0 amide bonds. The van der Waals surface area contributed by atoms with Crippen LogP contribution in [0.15, 0.2) is 27.8 Å². The first-order valence-electron chi connectivity index (χ1n) is 3.74. The van der Waals surface area contributed by atoms with E-state index in [0.717, 1.165) is 6.07 Å². The number of halogens is 1. The number of rotatable bonds is 0. The lowest BCUT2D eigenvalue weighted by atomic mass is 10.2. The van der Waals surface area contributed by atoms with Crippen molar-refractivity contribution in [2.24, 2.45) is 0 Å². The first kappa shape index (κ1) is 8.49. The fraction of sp³-hybridized carbons (Fsp3) is 0. The van der Waals surface area contributed by atoms with Crippen LogP contribution in [0.3, 0.4) is 0 Å². The van der Waals surface area contributed by atoms with Gasteiger partial charge >= 0.3 is 5.69 Å². The first-order chi connectivity index (χ1) is 6.61. The average molecular weight is 196 g/mol. The Balaban J connectivity index is 3.15. The number of nitrogens with one attached hydrogen (secondary N) is 1. The summed E-state index contributed by atoms with van der Waals surface area (Å²) in [5, 5.41) is 8.58. The van der Waals surface area contributed by atoms with Gasteiger partial charge in [-0.25, -0.2) is 9.18 Å². The summed E-state index contributed by atoms with van der Waals surface area (Å²) in [5.41, 5.74) is -2.00. The Labute approximate surface area is 76.0 Å². The molecule has 0 atom stereocenters. The second-order valence-electron chi connectivity index (χ2n) is 2.71. The van der Waals surface area contributed by atoms with Gasteiger partial charge in [-0.3, -0.25) is 4.79 Å². The molecule has 0 aliphatic rings. The molecule has 0 unspecified atom stereocenters. The average Bonchev–Trinajstić information content (AvgIpc) is 2.14. The van der Waals surface area contributed by atoms with E-state index >= 15 is 0 Å². The third-order valence-electron chi connectivity index (χ3n) is 1.85. The van der Waals surface area contributed by atoms with Crippen LogP contribution < -0.4 is 11.2 Å². The smallest absolute Gasteiger partial charge is 0.362 e. The number of fused-ring (bicyclic) bond motifs is 1. The predicted molar refractivity (Wildman–Crippen MR) is 46.0 cm³/mol. The van der Waals surface area contributed by atoms with Crippen molar-refractivity contribution in [3.05, 3.63) is 44.9 Å². The van der Waals surface area contributed by atoms with Gasteiger partial charge in [0.1, 0.15) is 11.2 Å². The lowest BCUT2D eigenvalue weighted by Crippen LogP contribution is -2.33. The van der Waals surface area contributed by atoms with Gasteiger partial charge in [0.05, 0.1) is 5.52 Å². The summed E-state index contributed by atoms with van der Waals surface area (Å²) in [6.07, 6.45) is 0. The summed E-state index contributed by atoms with van der Waals surface area (Å²) < 4.78 is 13.0. The highest BCUT2D eigenvalue weighted by Crippen LogP contribution is 2.08. The Bertz CT molecular complexity index is 614. The Morgan fingerprint density at radius 2 is 2.07 bits per heavy atom. The van der Waals surface area contributed by atoms with Gasteiger partial charge in [-0.15, -0.1) is 0 Å². The number of aromatic amines is 1. The molecule has 0 aliphatic heterocycles. The molecule has 1 aromatic carbocycles. The molecule has 72 valence electrons. The highest BCUT2D eigenvalue weighted by molar-refractivity contribution is 5.77. The van der Waals surface area contributed by atoms with Crippen LogP contribution in [0.1, 0.15) is 0 Å². The van der Waals surface area contributed by atoms with E-state index in [0.29, 0.717) is 0 Å². The normalized spacial score (nSPS) is 10.6. The van der Waals surface area contributed by atoms with Crippen molar-refractivity contribution in [3.63, 3.8) is 0 Å². The monoisotopic (exact) mass is 196 g/mol. The Hall–Kier alpha value is -2.11. The van der Waals surface area contributed by atoms with E-state index in [9.17, 15) is 14.0 Å². The maximum Gasteiger partial charge on any atom is 0.362 e. The topological polar surface area (TPSA) is 75.1 Å². The molecule has 0 radical (unpaired) electrons.